The van der Waals surface area contributed by atoms with Gasteiger partial charge < -0.3 is 5.32 Å². The molecule has 0 aromatic heterocycles. The van der Waals surface area contributed by atoms with E-state index in [2.05, 4.69) is 21.2 Å². The maximum Gasteiger partial charge on any atom is 0.258 e. The van der Waals surface area contributed by atoms with Crippen molar-refractivity contribution in [2.24, 2.45) is 0 Å². The zero-order chi connectivity index (χ0) is 14.7. The summed E-state index contributed by atoms with van der Waals surface area (Å²) in [5, 5.41) is 2.57. The van der Waals surface area contributed by atoms with Crippen molar-refractivity contribution >= 4 is 33.3 Å². The summed E-state index contributed by atoms with van der Waals surface area (Å²) in [4.78, 5) is 23.3. The minimum absolute atomic E-state index is 0.0624. The third-order valence-corrected chi connectivity index (χ3v) is 3.19. The number of benzene rings is 2. The van der Waals surface area contributed by atoms with E-state index >= 15 is 0 Å². The largest absolute Gasteiger partial charge is 0.322 e. The molecular formula is C15H11BrFNO2. The van der Waals surface area contributed by atoms with Gasteiger partial charge in [0, 0.05) is 15.7 Å². The molecular weight excluding hydrogens is 325 g/mol. The number of carbonyl (C=O) groups is 2. The minimum atomic E-state index is -0.603. The van der Waals surface area contributed by atoms with Crippen LogP contribution in [0, 0.1) is 5.82 Å². The third kappa shape index (κ3) is 3.30. The minimum Gasteiger partial charge on any atom is -0.322 e. The molecule has 2 aromatic carbocycles. The fourth-order valence-electron chi connectivity index (χ4n) is 1.69. The van der Waals surface area contributed by atoms with Crippen LogP contribution < -0.4 is 5.32 Å². The standard InChI is InChI=1S/C15H11BrFNO2/c1-9(19)10-3-2-4-12(7-10)18-15(20)13-8-11(16)5-6-14(13)17/h2-8H,1H3,(H,18,20). The number of carbonyl (C=O) groups excluding carboxylic acids is 2. The molecule has 1 amide bonds. The van der Waals surface area contributed by atoms with E-state index in [1.165, 1.54) is 25.1 Å². The van der Waals surface area contributed by atoms with Crippen LogP contribution in [0.25, 0.3) is 0 Å². The quantitative estimate of drug-likeness (QED) is 0.860. The lowest BCUT2D eigenvalue weighted by Gasteiger charge is -2.07. The average Bonchev–Trinajstić information content (AvgIpc) is 2.41. The fraction of sp³-hybridized carbons (Fsp3) is 0.0667. The molecule has 0 radical (unpaired) electrons. The normalized spacial score (nSPS) is 10.2. The lowest BCUT2D eigenvalue weighted by Crippen LogP contribution is -2.14. The first kappa shape index (κ1) is 14.4. The first-order chi connectivity index (χ1) is 9.47. The summed E-state index contributed by atoms with van der Waals surface area (Å²) in [5.74, 6) is -1.27. The van der Waals surface area contributed by atoms with Crippen LogP contribution in [0.3, 0.4) is 0 Å². The number of amides is 1. The van der Waals surface area contributed by atoms with Gasteiger partial charge in [-0.2, -0.15) is 0 Å². The molecule has 0 fully saturated rings. The van der Waals surface area contributed by atoms with Gasteiger partial charge in [-0.3, -0.25) is 9.59 Å². The molecule has 0 bridgehead atoms. The number of halogens is 2. The van der Waals surface area contributed by atoms with Crippen LogP contribution in [0.15, 0.2) is 46.9 Å². The van der Waals surface area contributed by atoms with Gasteiger partial charge in [0.25, 0.3) is 5.91 Å². The van der Waals surface area contributed by atoms with Crippen LogP contribution in [-0.2, 0) is 0 Å². The summed E-state index contributed by atoms with van der Waals surface area (Å²) in [6, 6.07) is 10.6. The number of ketones is 1. The van der Waals surface area contributed by atoms with Gasteiger partial charge in [-0.25, -0.2) is 4.39 Å². The van der Waals surface area contributed by atoms with Gasteiger partial charge in [0.15, 0.2) is 5.78 Å². The second-order valence-electron chi connectivity index (χ2n) is 4.22. The number of nitrogens with one attached hydrogen (secondary N) is 1. The Balaban J connectivity index is 2.25. The Morgan fingerprint density at radius 3 is 2.60 bits per heavy atom. The van der Waals surface area contributed by atoms with Crippen molar-refractivity contribution in [3.63, 3.8) is 0 Å². The molecule has 0 aliphatic heterocycles. The van der Waals surface area contributed by atoms with E-state index in [9.17, 15) is 14.0 Å². The number of Topliss-reactive ketones (excluding diaryl/α,β-unsaturated/α-hetero) is 1. The molecule has 3 nitrogen and oxygen atoms in total. The van der Waals surface area contributed by atoms with Crippen molar-refractivity contribution < 1.29 is 14.0 Å². The molecule has 102 valence electrons. The molecule has 1 N–H and O–H groups in total. The topological polar surface area (TPSA) is 46.2 Å². The van der Waals surface area contributed by atoms with Crippen LogP contribution in [-0.4, -0.2) is 11.7 Å². The molecule has 2 rings (SSSR count). The SMILES string of the molecule is CC(=O)c1cccc(NC(=O)c2cc(Br)ccc2F)c1. The first-order valence-electron chi connectivity index (χ1n) is 5.85. The number of anilines is 1. The second-order valence-corrected chi connectivity index (χ2v) is 5.13. The predicted octanol–water partition coefficient (Wildman–Crippen LogP) is 4.04. The summed E-state index contributed by atoms with van der Waals surface area (Å²) in [5.41, 5.74) is 0.868. The summed E-state index contributed by atoms with van der Waals surface area (Å²) < 4.78 is 14.2. The molecule has 0 spiro atoms. The molecule has 0 heterocycles. The monoisotopic (exact) mass is 335 g/mol. The molecule has 2 aromatic rings. The lowest BCUT2D eigenvalue weighted by molar-refractivity contribution is 0.100. The zero-order valence-electron chi connectivity index (χ0n) is 10.6. The van der Waals surface area contributed by atoms with Crippen LogP contribution >= 0.6 is 15.9 Å². The van der Waals surface area contributed by atoms with Gasteiger partial charge >= 0.3 is 0 Å². The fourth-order valence-corrected chi connectivity index (χ4v) is 2.05. The predicted molar refractivity (Wildman–Crippen MR) is 78.5 cm³/mol. The Kier molecular flexibility index (Phi) is 4.29. The third-order valence-electron chi connectivity index (χ3n) is 2.70. The van der Waals surface area contributed by atoms with E-state index in [-0.39, 0.29) is 11.3 Å². The van der Waals surface area contributed by atoms with Crippen molar-refractivity contribution in [2.75, 3.05) is 5.32 Å². The summed E-state index contributed by atoms with van der Waals surface area (Å²) >= 11 is 3.19. The maximum absolute atomic E-state index is 13.6. The Bertz CT molecular complexity index is 685. The van der Waals surface area contributed by atoms with Gasteiger partial charge in [-0.1, -0.05) is 28.1 Å². The highest BCUT2D eigenvalue weighted by Gasteiger charge is 2.12. The summed E-state index contributed by atoms with van der Waals surface area (Å²) in [6.07, 6.45) is 0. The highest BCUT2D eigenvalue weighted by Crippen LogP contribution is 2.18. The van der Waals surface area contributed by atoms with Crippen molar-refractivity contribution in [3.05, 3.63) is 63.9 Å². The van der Waals surface area contributed by atoms with Crippen molar-refractivity contribution in [1.29, 1.82) is 0 Å². The Labute approximate surface area is 123 Å². The van der Waals surface area contributed by atoms with Gasteiger partial charge in [0.1, 0.15) is 5.82 Å². The highest BCUT2D eigenvalue weighted by atomic mass is 79.9. The van der Waals surface area contributed by atoms with Gasteiger partial charge in [0.2, 0.25) is 0 Å². The smallest absolute Gasteiger partial charge is 0.258 e. The van der Waals surface area contributed by atoms with Crippen molar-refractivity contribution in [2.45, 2.75) is 6.92 Å². The van der Waals surface area contributed by atoms with E-state index < -0.39 is 11.7 Å². The lowest BCUT2D eigenvalue weighted by atomic mass is 10.1. The van der Waals surface area contributed by atoms with Crippen molar-refractivity contribution in [3.8, 4) is 0 Å². The number of hydrogen-bond donors (Lipinski definition) is 1. The molecule has 0 aliphatic rings. The molecule has 0 atom stereocenters. The molecule has 0 saturated heterocycles. The van der Waals surface area contributed by atoms with E-state index in [1.807, 2.05) is 0 Å². The van der Waals surface area contributed by atoms with Gasteiger partial charge in [-0.15, -0.1) is 0 Å². The van der Waals surface area contributed by atoms with Crippen molar-refractivity contribution in [1.82, 2.24) is 0 Å². The molecule has 20 heavy (non-hydrogen) atoms. The summed E-state index contributed by atoms with van der Waals surface area (Å²) in [7, 11) is 0. The Hall–Kier alpha value is -2.01. The van der Waals surface area contributed by atoms with E-state index in [0.717, 1.165) is 0 Å². The van der Waals surface area contributed by atoms with Crippen LogP contribution in [0.5, 0.6) is 0 Å². The van der Waals surface area contributed by atoms with E-state index in [4.69, 9.17) is 0 Å². The molecule has 5 heteroatoms. The van der Waals surface area contributed by atoms with Crippen LogP contribution in [0.2, 0.25) is 0 Å². The summed E-state index contributed by atoms with van der Waals surface area (Å²) in [6.45, 7) is 1.44. The van der Waals surface area contributed by atoms with Gasteiger partial charge in [-0.05, 0) is 37.3 Å². The Morgan fingerprint density at radius 2 is 1.90 bits per heavy atom. The highest BCUT2D eigenvalue weighted by molar-refractivity contribution is 9.10. The first-order valence-corrected chi connectivity index (χ1v) is 6.64. The Morgan fingerprint density at radius 1 is 1.15 bits per heavy atom. The van der Waals surface area contributed by atoms with Crippen LogP contribution in [0.1, 0.15) is 27.6 Å². The zero-order valence-corrected chi connectivity index (χ0v) is 12.2. The molecule has 0 saturated carbocycles. The van der Waals surface area contributed by atoms with E-state index in [0.29, 0.717) is 15.7 Å². The molecule has 0 aliphatic carbocycles. The maximum atomic E-state index is 13.6. The van der Waals surface area contributed by atoms with Crippen LogP contribution in [0.4, 0.5) is 10.1 Å². The second kappa shape index (κ2) is 5.96. The van der Waals surface area contributed by atoms with E-state index in [1.54, 1.807) is 24.3 Å². The number of rotatable bonds is 3. The number of hydrogen-bond acceptors (Lipinski definition) is 2. The van der Waals surface area contributed by atoms with Gasteiger partial charge in [0.05, 0.1) is 5.56 Å². The molecule has 0 unspecified atom stereocenters. The average molecular weight is 336 g/mol.